The van der Waals surface area contributed by atoms with Gasteiger partial charge in [0, 0.05) is 23.5 Å². The van der Waals surface area contributed by atoms with Gasteiger partial charge >= 0.3 is 0 Å². The van der Waals surface area contributed by atoms with Crippen LogP contribution in [0.2, 0.25) is 5.02 Å². The van der Waals surface area contributed by atoms with Crippen molar-refractivity contribution in [3.05, 3.63) is 34.5 Å². The Bertz CT molecular complexity index is 695. The Labute approximate surface area is 135 Å². The molecule has 4 nitrogen and oxygen atoms in total. The summed E-state index contributed by atoms with van der Waals surface area (Å²) in [5.74, 6) is 0.205. The minimum atomic E-state index is -0.160. The minimum Gasteiger partial charge on any atom is -0.449 e. The third kappa shape index (κ3) is 2.73. The van der Waals surface area contributed by atoms with E-state index in [0.717, 1.165) is 30.5 Å². The number of furan rings is 1. The quantitative estimate of drug-likeness (QED) is 0.936. The first kappa shape index (κ1) is 15.4. The molecule has 1 fully saturated rings. The van der Waals surface area contributed by atoms with Crippen LogP contribution >= 0.6 is 11.6 Å². The summed E-state index contributed by atoms with van der Waals surface area (Å²) in [5.41, 5.74) is 1.43. The number of carbonyl (C=O) groups excluding carboxylic acids is 1. The number of likely N-dealkylation sites (tertiary alicyclic amines) is 1. The number of carbonyl (C=O) groups is 1. The number of nitrogens with one attached hydrogen (secondary N) is 1. The third-order valence-corrected chi connectivity index (χ3v) is 4.82. The summed E-state index contributed by atoms with van der Waals surface area (Å²) in [5, 5.41) is 4.44. The number of para-hydroxylation sites is 1. The van der Waals surface area contributed by atoms with Crippen molar-refractivity contribution in [2.24, 2.45) is 0 Å². The first-order valence-electron chi connectivity index (χ1n) is 7.81. The topological polar surface area (TPSA) is 45.5 Å². The predicted octanol–water partition coefficient (Wildman–Crippen LogP) is 3.61. The fourth-order valence-corrected chi connectivity index (χ4v) is 3.47. The van der Waals surface area contributed by atoms with Gasteiger partial charge in [-0.25, -0.2) is 0 Å². The van der Waals surface area contributed by atoms with Crippen molar-refractivity contribution in [1.82, 2.24) is 10.2 Å². The predicted molar refractivity (Wildman–Crippen MR) is 88.6 cm³/mol. The maximum atomic E-state index is 12.4. The molecular formula is C17H21ClN2O2. The number of likely N-dealkylation sites (N-methyl/N-ethyl adjacent to an activating group) is 1. The normalized spacial score (nSPS) is 19.0. The molecule has 1 unspecified atom stereocenters. The van der Waals surface area contributed by atoms with Gasteiger partial charge in [-0.2, -0.15) is 0 Å². The van der Waals surface area contributed by atoms with E-state index in [2.05, 4.69) is 17.1 Å². The fourth-order valence-electron chi connectivity index (χ4n) is 3.26. The number of rotatable bonds is 4. The Kier molecular flexibility index (Phi) is 4.41. The van der Waals surface area contributed by atoms with Gasteiger partial charge in [0.2, 0.25) is 0 Å². The number of fused-ring (bicyclic) bond motifs is 1. The summed E-state index contributed by atoms with van der Waals surface area (Å²) in [6.45, 7) is 6.86. The van der Waals surface area contributed by atoms with Crippen molar-refractivity contribution in [2.45, 2.75) is 32.7 Å². The summed E-state index contributed by atoms with van der Waals surface area (Å²) in [6.07, 6.45) is 2.34. The lowest BCUT2D eigenvalue weighted by Crippen LogP contribution is -2.40. The smallest absolute Gasteiger partial charge is 0.287 e. The average Bonchev–Trinajstić information content (AvgIpc) is 3.10. The number of nitrogens with zero attached hydrogens (tertiary/aromatic N) is 1. The molecule has 1 amide bonds. The summed E-state index contributed by atoms with van der Waals surface area (Å²) < 4.78 is 5.70. The lowest BCUT2D eigenvalue weighted by molar-refractivity contribution is 0.0915. The van der Waals surface area contributed by atoms with Gasteiger partial charge in [-0.1, -0.05) is 30.7 Å². The maximum absolute atomic E-state index is 12.4. The van der Waals surface area contributed by atoms with Crippen molar-refractivity contribution in [3.8, 4) is 0 Å². The summed E-state index contributed by atoms with van der Waals surface area (Å²) in [7, 11) is 0. The molecule has 1 aliphatic rings. The lowest BCUT2D eigenvalue weighted by atomic mass is 10.1. The van der Waals surface area contributed by atoms with Crippen LogP contribution in [-0.2, 0) is 0 Å². The number of halogens is 1. The molecule has 1 aromatic heterocycles. The number of hydrogen-bond acceptors (Lipinski definition) is 3. The first-order chi connectivity index (χ1) is 10.6. The van der Waals surface area contributed by atoms with Gasteiger partial charge in [0.05, 0.1) is 5.02 Å². The maximum Gasteiger partial charge on any atom is 0.287 e. The molecule has 22 heavy (non-hydrogen) atoms. The molecule has 118 valence electrons. The van der Waals surface area contributed by atoms with Crippen molar-refractivity contribution < 1.29 is 9.21 Å². The zero-order chi connectivity index (χ0) is 15.7. The molecule has 1 atom stereocenters. The summed E-state index contributed by atoms with van der Waals surface area (Å²) in [6, 6.07) is 5.99. The van der Waals surface area contributed by atoms with E-state index >= 15 is 0 Å². The molecule has 2 aromatic rings. The van der Waals surface area contributed by atoms with Crippen LogP contribution in [0.5, 0.6) is 0 Å². The highest BCUT2D eigenvalue weighted by atomic mass is 35.5. The second-order valence-corrected chi connectivity index (χ2v) is 6.21. The van der Waals surface area contributed by atoms with Crippen LogP contribution in [0, 0.1) is 6.92 Å². The Morgan fingerprint density at radius 2 is 2.32 bits per heavy atom. The van der Waals surface area contributed by atoms with E-state index in [-0.39, 0.29) is 5.91 Å². The number of aryl methyl sites for hydroxylation is 1. The van der Waals surface area contributed by atoms with E-state index in [1.165, 1.54) is 6.42 Å². The van der Waals surface area contributed by atoms with Crippen molar-refractivity contribution in [2.75, 3.05) is 19.6 Å². The molecule has 1 aliphatic heterocycles. The molecule has 1 saturated heterocycles. The summed E-state index contributed by atoms with van der Waals surface area (Å²) in [4.78, 5) is 14.8. The highest BCUT2D eigenvalue weighted by molar-refractivity contribution is 6.35. The molecule has 0 spiro atoms. The van der Waals surface area contributed by atoms with Crippen molar-refractivity contribution in [1.29, 1.82) is 0 Å². The van der Waals surface area contributed by atoms with Gasteiger partial charge in [-0.15, -0.1) is 0 Å². The minimum absolute atomic E-state index is 0.160. The van der Waals surface area contributed by atoms with Gasteiger partial charge < -0.3 is 9.73 Å². The van der Waals surface area contributed by atoms with Crippen molar-refractivity contribution >= 4 is 28.5 Å². The number of amides is 1. The van der Waals surface area contributed by atoms with Crippen LogP contribution in [0.25, 0.3) is 11.0 Å². The van der Waals surface area contributed by atoms with E-state index in [0.29, 0.717) is 29.0 Å². The third-order valence-electron chi connectivity index (χ3n) is 4.53. The standard InChI is InChI=1S/C17H21ClN2O2/c1-3-20-9-5-6-12(20)10-19-17(21)15-11(2)13-7-4-8-14(18)16(13)22-15/h4,7-8,12H,3,5-6,9-10H2,1-2H3,(H,19,21). The Balaban J connectivity index is 1.75. The summed E-state index contributed by atoms with van der Waals surface area (Å²) >= 11 is 6.13. The zero-order valence-corrected chi connectivity index (χ0v) is 13.7. The van der Waals surface area contributed by atoms with Gasteiger partial charge in [-0.3, -0.25) is 9.69 Å². The Morgan fingerprint density at radius 3 is 3.05 bits per heavy atom. The molecule has 1 aromatic carbocycles. The zero-order valence-electron chi connectivity index (χ0n) is 13.0. The monoisotopic (exact) mass is 320 g/mol. The number of benzene rings is 1. The van der Waals surface area contributed by atoms with Crippen LogP contribution in [0.3, 0.4) is 0 Å². The SMILES string of the molecule is CCN1CCCC1CNC(=O)c1oc2c(Cl)cccc2c1C. The van der Waals surface area contributed by atoms with Gasteiger partial charge in [0.15, 0.2) is 11.3 Å². The van der Waals surface area contributed by atoms with E-state index in [1.54, 1.807) is 6.07 Å². The molecule has 3 rings (SSSR count). The van der Waals surface area contributed by atoms with E-state index in [9.17, 15) is 4.79 Å². The van der Waals surface area contributed by atoms with Crippen LogP contribution in [-0.4, -0.2) is 36.5 Å². The first-order valence-corrected chi connectivity index (χ1v) is 8.19. The molecule has 2 heterocycles. The highest BCUT2D eigenvalue weighted by Gasteiger charge is 2.25. The Hall–Kier alpha value is -1.52. The lowest BCUT2D eigenvalue weighted by Gasteiger charge is -2.22. The largest absolute Gasteiger partial charge is 0.449 e. The van der Waals surface area contributed by atoms with Gasteiger partial charge in [-0.05, 0) is 38.9 Å². The highest BCUT2D eigenvalue weighted by Crippen LogP contribution is 2.30. The van der Waals surface area contributed by atoms with E-state index in [1.807, 2.05) is 19.1 Å². The number of hydrogen-bond donors (Lipinski definition) is 1. The second-order valence-electron chi connectivity index (χ2n) is 5.81. The van der Waals surface area contributed by atoms with Gasteiger partial charge in [0.25, 0.3) is 5.91 Å². The van der Waals surface area contributed by atoms with E-state index < -0.39 is 0 Å². The van der Waals surface area contributed by atoms with Crippen LogP contribution in [0.4, 0.5) is 0 Å². The molecule has 5 heteroatoms. The molecule has 1 N–H and O–H groups in total. The van der Waals surface area contributed by atoms with Gasteiger partial charge in [0.1, 0.15) is 0 Å². The molecule has 0 saturated carbocycles. The van der Waals surface area contributed by atoms with Crippen LogP contribution in [0.15, 0.2) is 22.6 Å². The molecule has 0 bridgehead atoms. The second kappa shape index (κ2) is 6.31. The van der Waals surface area contributed by atoms with Crippen LogP contribution in [0.1, 0.15) is 35.9 Å². The molecule has 0 radical (unpaired) electrons. The fraction of sp³-hybridized carbons (Fsp3) is 0.471. The van der Waals surface area contributed by atoms with Crippen molar-refractivity contribution in [3.63, 3.8) is 0 Å². The van der Waals surface area contributed by atoms with Crippen LogP contribution < -0.4 is 5.32 Å². The average molecular weight is 321 g/mol. The Morgan fingerprint density at radius 1 is 1.50 bits per heavy atom. The molecule has 0 aliphatic carbocycles. The molecular weight excluding hydrogens is 300 g/mol. The van der Waals surface area contributed by atoms with E-state index in [4.69, 9.17) is 16.0 Å².